The Labute approximate surface area is 123 Å². The van der Waals surface area contributed by atoms with Crippen molar-refractivity contribution in [3.8, 4) is 0 Å². The van der Waals surface area contributed by atoms with Gasteiger partial charge >= 0.3 is 0 Å². The number of aliphatic hydroxyl groups is 1. The summed E-state index contributed by atoms with van der Waals surface area (Å²) in [5.41, 5.74) is 0.890. The minimum absolute atomic E-state index is 0.103. The molecule has 6 heteroatoms. The van der Waals surface area contributed by atoms with E-state index < -0.39 is 0 Å². The van der Waals surface area contributed by atoms with Gasteiger partial charge in [0.05, 0.1) is 12.6 Å². The van der Waals surface area contributed by atoms with Crippen LogP contribution in [0.5, 0.6) is 0 Å². The van der Waals surface area contributed by atoms with Gasteiger partial charge in [0.1, 0.15) is 0 Å². The maximum absolute atomic E-state index is 11.9. The molecule has 0 saturated heterocycles. The topological polar surface area (TPSA) is 88.2 Å². The van der Waals surface area contributed by atoms with E-state index in [1.807, 2.05) is 30.3 Å². The van der Waals surface area contributed by atoms with Crippen LogP contribution in [0.1, 0.15) is 36.2 Å². The van der Waals surface area contributed by atoms with Crippen molar-refractivity contribution in [1.29, 1.82) is 0 Å². The Hall–Kier alpha value is -2.21. The van der Waals surface area contributed by atoms with E-state index in [2.05, 4.69) is 15.5 Å². The van der Waals surface area contributed by atoms with Gasteiger partial charge < -0.3 is 14.9 Å². The second-order valence-electron chi connectivity index (χ2n) is 4.80. The molecule has 0 aliphatic heterocycles. The first-order valence-corrected chi connectivity index (χ1v) is 6.93. The monoisotopic (exact) mass is 289 g/mol. The van der Waals surface area contributed by atoms with Gasteiger partial charge in [0.15, 0.2) is 5.82 Å². The molecule has 1 amide bonds. The van der Waals surface area contributed by atoms with Crippen molar-refractivity contribution in [3.63, 3.8) is 0 Å². The summed E-state index contributed by atoms with van der Waals surface area (Å²) in [6.45, 7) is 1.63. The van der Waals surface area contributed by atoms with E-state index in [0.29, 0.717) is 31.0 Å². The number of carbonyl (C=O) groups is 1. The Balaban J connectivity index is 1.78. The second-order valence-corrected chi connectivity index (χ2v) is 4.80. The Morgan fingerprint density at radius 1 is 1.38 bits per heavy atom. The molecule has 1 aromatic heterocycles. The van der Waals surface area contributed by atoms with Crippen molar-refractivity contribution in [2.75, 3.05) is 6.61 Å². The molecule has 1 aromatic carbocycles. The summed E-state index contributed by atoms with van der Waals surface area (Å²) in [4.78, 5) is 16.0. The Morgan fingerprint density at radius 2 is 2.14 bits per heavy atom. The Kier molecular flexibility index (Phi) is 5.45. The summed E-state index contributed by atoms with van der Waals surface area (Å²) in [6.07, 6.45) is 1.55. The standard InChI is InChI=1S/C15H19N3O3/c1-11-16-15(21-18-11)9-5-8-14(20)17-13(10-19)12-6-3-2-4-7-12/h2-4,6-7,13,19H,5,8-10H2,1H3,(H,17,20)/t13-/m1/s1. The van der Waals surface area contributed by atoms with Crippen LogP contribution in [0.2, 0.25) is 0 Å². The molecule has 0 fully saturated rings. The number of hydrogen-bond acceptors (Lipinski definition) is 5. The van der Waals surface area contributed by atoms with E-state index in [-0.39, 0.29) is 18.6 Å². The predicted octanol–water partition coefficient (Wildman–Crippen LogP) is 1.55. The molecule has 1 heterocycles. The number of rotatable bonds is 7. The molecule has 0 aliphatic carbocycles. The molecular weight excluding hydrogens is 270 g/mol. The summed E-state index contributed by atoms with van der Waals surface area (Å²) in [6, 6.07) is 9.03. The summed E-state index contributed by atoms with van der Waals surface area (Å²) in [7, 11) is 0. The molecule has 6 nitrogen and oxygen atoms in total. The summed E-state index contributed by atoms with van der Waals surface area (Å²) in [5.74, 6) is 1.04. The first-order chi connectivity index (χ1) is 10.2. The second kappa shape index (κ2) is 7.54. The molecule has 0 saturated carbocycles. The summed E-state index contributed by atoms with van der Waals surface area (Å²) < 4.78 is 4.98. The molecule has 0 aliphatic rings. The van der Waals surface area contributed by atoms with Crippen LogP contribution in [0.3, 0.4) is 0 Å². The molecule has 0 radical (unpaired) electrons. The fourth-order valence-corrected chi connectivity index (χ4v) is 2.03. The lowest BCUT2D eigenvalue weighted by molar-refractivity contribution is -0.122. The molecule has 2 rings (SSSR count). The molecule has 0 unspecified atom stereocenters. The first-order valence-electron chi connectivity index (χ1n) is 6.93. The zero-order chi connectivity index (χ0) is 15.1. The lowest BCUT2D eigenvalue weighted by Gasteiger charge is -2.16. The molecule has 2 aromatic rings. The number of aryl methyl sites for hydroxylation is 2. The number of nitrogens with one attached hydrogen (secondary N) is 1. The van der Waals surface area contributed by atoms with Crippen LogP contribution in [-0.4, -0.2) is 27.8 Å². The number of aliphatic hydroxyl groups excluding tert-OH is 1. The van der Waals surface area contributed by atoms with E-state index >= 15 is 0 Å². The van der Waals surface area contributed by atoms with Crippen LogP contribution in [-0.2, 0) is 11.2 Å². The van der Waals surface area contributed by atoms with Crippen molar-refractivity contribution in [1.82, 2.24) is 15.5 Å². The third kappa shape index (κ3) is 4.68. The van der Waals surface area contributed by atoms with E-state index in [1.165, 1.54) is 0 Å². The summed E-state index contributed by atoms with van der Waals surface area (Å²) >= 11 is 0. The molecule has 21 heavy (non-hydrogen) atoms. The molecule has 2 N–H and O–H groups in total. The van der Waals surface area contributed by atoms with Gasteiger partial charge in [-0.2, -0.15) is 4.98 Å². The number of nitrogens with zero attached hydrogens (tertiary/aromatic N) is 2. The van der Waals surface area contributed by atoms with Crippen LogP contribution >= 0.6 is 0 Å². The van der Waals surface area contributed by atoms with Gasteiger partial charge in [-0.05, 0) is 18.9 Å². The van der Waals surface area contributed by atoms with Gasteiger partial charge in [0.25, 0.3) is 0 Å². The fraction of sp³-hybridized carbons (Fsp3) is 0.400. The minimum atomic E-state index is -0.371. The van der Waals surface area contributed by atoms with Crippen LogP contribution in [0.15, 0.2) is 34.9 Å². The maximum Gasteiger partial charge on any atom is 0.226 e. The third-order valence-electron chi connectivity index (χ3n) is 3.08. The average molecular weight is 289 g/mol. The highest BCUT2D eigenvalue weighted by Gasteiger charge is 2.13. The number of carbonyl (C=O) groups excluding carboxylic acids is 1. The Bertz CT molecular complexity index is 569. The quantitative estimate of drug-likeness (QED) is 0.807. The summed E-state index contributed by atoms with van der Waals surface area (Å²) in [5, 5.41) is 15.9. The van der Waals surface area contributed by atoms with Crippen molar-refractivity contribution in [2.24, 2.45) is 0 Å². The normalized spacial score (nSPS) is 12.1. The van der Waals surface area contributed by atoms with Crippen molar-refractivity contribution in [3.05, 3.63) is 47.6 Å². The largest absolute Gasteiger partial charge is 0.394 e. The van der Waals surface area contributed by atoms with E-state index in [4.69, 9.17) is 4.52 Å². The highest BCUT2D eigenvalue weighted by atomic mass is 16.5. The first kappa shape index (κ1) is 15.2. The van der Waals surface area contributed by atoms with Crippen LogP contribution in [0, 0.1) is 6.92 Å². The van der Waals surface area contributed by atoms with Gasteiger partial charge in [-0.3, -0.25) is 4.79 Å². The third-order valence-corrected chi connectivity index (χ3v) is 3.08. The average Bonchev–Trinajstić information content (AvgIpc) is 2.91. The van der Waals surface area contributed by atoms with Crippen LogP contribution in [0.25, 0.3) is 0 Å². The zero-order valence-corrected chi connectivity index (χ0v) is 12.0. The lowest BCUT2D eigenvalue weighted by atomic mass is 10.1. The van der Waals surface area contributed by atoms with E-state index in [0.717, 1.165) is 5.56 Å². The van der Waals surface area contributed by atoms with Crippen molar-refractivity contribution >= 4 is 5.91 Å². The van der Waals surface area contributed by atoms with E-state index in [1.54, 1.807) is 6.92 Å². The molecule has 1 atom stereocenters. The molecule has 0 bridgehead atoms. The van der Waals surface area contributed by atoms with E-state index in [9.17, 15) is 9.90 Å². The van der Waals surface area contributed by atoms with Crippen LogP contribution < -0.4 is 5.32 Å². The SMILES string of the molecule is Cc1noc(CCCC(=O)N[C@H](CO)c2ccccc2)n1. The van der Waals surface area contributed by atoms with Gasteiger partial charge in [0, 0.05) is 12.8 Å². The Morgan fingerprint density at radius 3 is 2.76 bits per heavy atom. The highest BCUT2D eigenvalue weighted by Crippen LogP contribution is 2.12. The number of benzene rings is 1. The maximum atomic E-state index is 11.9. The smallest absolute Gasteiger partial charge is 0.226 e. The number of amides is 1. The molecule has 0 spiro atoms. The zero-order valence-electron chi connectivity index (χ0n) is 12.0. The van der Waals surface area contributed by atoms with Crippen molar-refractivity contribution in [2.45, 2.75) is 32.2 Å². The molecule has 112 valence electrons. The highest BCUT2D eigenvalue weighted by molar-refractivity contribution is 5.76. The fourth-order valence-electron chi connectivity index (χ4n) is 2.03. The van der Waals surface area contributed by atoms with Crippen molar-refractivity contribution < 1.29 is 14.4 Å². The predicted molar refractivity (Wildman–Crippen MR) is 76.4 cm³/mol. The number of aromatic nitrogens is 2. The van der Waals surface area contributed by atoms with Gasteiger partial charge in [-0.25, -0.2) is 0 Å². The van der Waals surface area contributed by atoms with Crippen LogP contribution in [0.4, 0.5) is 0 Å². The lowest BCUT2D eigenvalue weighted by Crippen LogP contribution is -2.30. The van der Waals surface area contributed by atoms with Gasteiger partial charge in [-0.15, -0.1) is 0 Å². The van der Waals surface area contributed by atoms with Gasteiger partial charge in [0.2, 0.25) is 11.8 Å². The van der Waals surface area contributed by atoms with Gasteiger partial charge in [-0.1, -0.05) is 35.5 Å². The minimum Gasteiger partial charge on any atom is -0.394 e. The molecular formula is C15H19N3O3. The number of hydrogen-bond donors (Lipinski definition) is 2.